The molecule has 0 saturated carbocycles. The molecule has 7 heteroatoms. The molecule has 1 aromatic carbocycles. The molecule has 0 radical (unpaired) electrons. The summed E-state index contributed by atoms with van der Waals surface area (Å²) >= 11 is 5.92. The predicted octanol–water partition coefficient (Wildman–Crippen LogP) is 3.75. The molecule has 25 heavy (non-hydrogen) atoms. The molecule has 1 aliphatic heterocycles. The van der Waals surface area contributed by atoms with E-state index >= 15 is 0 Å². The Morgan fingerprint density at radius 3 is 2.76 bits per heavy atom. The Labute approximate surface area is 152 Å². The van der Waals surface area contributed by atoms with Crippen LogP contribution in [0.2, 0.25) is 5.02 Å². The summed E-state index contributed by atoms with van der Waals surface area (Å²) in [6, 6.07) is 8.64. The largest absolute Gasteiger partial charge is 0.341 e. The maximum absolute atomic E-state index is 12.0. The van der Waals surface area contributed by atoms with E-state index in [1.165, 1.54) is 19.3 Å². The van der Waals surface area contributed by atoms with Crippen LogP contribution in [0, 0.1) is 6.92 Å². The Kier molecular flexibility index (Phi) is 5.71. The van der Waals surface area contributed by atoms with Crippen LogP contribution in [0.25, 0.3) is 0 Å². The number of rotatable bonds is 4. The third-order valence-electron chi connectivity index (χ3n) is 4.05. The van der Waals surface area contributed by atoms with Crippen molar-refractivity contribution in [1.82, 2.24) is 15.3 Å². The average molecular weight is 360 g/mol. The molecule has 2 N–H and O–H groups in total. The van der Waals surface area contributed by atoms with Crippen LogP contribution in [0.4, 0.5) is 16.4 Å². The highest BCUT2D eigenvalue weighted by Gasteiger charge is 2.15. The lowest BCUT2D eigenvalue weighted by atomic mass is 10.1. The first-order valence-corrected chi connectivity index (χ1v) is 8.88. The molecule has 0 atom stereocenters. The lowest BCUT2D eigenvalue weighted by Crippen LogP contribution is -2.32. The zero-order valence-electron chi connectivity index (χ0n) is 14.3. The number of anilines is 2. The third-order valence-corrected chi connectivity index (χ3v) is 4.28. The van der Waals surface area contributed by atoms with Gasteiger partial charge in [0.1, 0.15) is 0 Å². The van der Waals surface area contributed by atoms with E-state index < -0.39 is 0 Å². The Morgan fingerprint density at radius 2 is 2.00 bits per heavy atom. The van der Waals surface area contributed by atoms with Crippen molar-refractivity contribution in [2.45, 2.75) is 32.7 Å². The lowest BCUT2D eigenvalue weighted by Gasteiger charge is -2.27. The van der Waals surface area contributed by atoms with Crippen LogP contribution in [0.5, 0.6) is 0 Å². The minimum atomic E-state index is -0.293. The fraction of sp³-hybridized carbons (Fsp3) is 0.389. The van der Waals surface area contributed by atoms with Gasteiger partial charge in [-0.3, -0.25) is 0 Å². The van der Waals surface area contributed by atoms with Crippen LogP contribution in [0.1, 0.15) is 30.7 Å². The van der Waals surface area contributed by atoms with E-state index in [2.05, 4.69) is 25.5 Å². The molecule has 0 bridgehead atoms. The molecule has 2 amide bonds. The Morgan fingerprint density at radius 1 is 1.20 bits per heavy atom. The quantitative estimate of drug-likeness (QED) is 0.872. The van der Waals surface area contributed by atoms with Gasteiger partial charge in [0.2, 0.25) is 5.95 Å². The number of aromatic nitrogens is 2. The van der Waals surface area contributed by atoms with Crippen molar-refractivity contribution in [3.8, 4) is 0 Å². The molecule has 6 nitrogen and oxygen atoms in total. The highest BCUT2D eigenvalue weighted by Crippen LogP contribution is 2.17. The SMILES string of the molecule is Cc1cc(CNC(=O)Nc2cccc(Cl)c2)nc(N2CCCCC2)n1. The minimum Gasteiger partial charge on any atom is -0.341 e. The number of amides is 2. The number of benzene rings is 1. The standard InChI is InChI=1S/C18H22ClN5O/c1-13-10-16(22-17(21-13)24-8-3-2-4-9-24)12-20-18(25)23-15-7-5-6-14(19)11-15/h5-7,10-11H,2-4,8-9,12H2,1H3,(H2,20,23,25). The van der Waals surface area contributed by atoms with Gasteiger partial charge in [0, 0.05) is 29.5 Å². The molecular formula is C18H22ClN5O. The van der Waals surface area contributed by atoms with Gasteiger partial charge in [0.05, 0.1) is 12.2 Å². The second-order valence-corrected chi connectivity index (χ2v) is 6.60. The lowest BCUT2D eigenvalue weighted by molar-refractivity contribution is 0.251. The second kappa shape index (κ2) is 8.16. The molecule has 0 spiro atoms. The van der Waals surface area contributed by atoms with Gasteiger partial charge in [-0.2, -0.15) is 0 Å². The van der Waals surface area contributed by atoms with Crippen LogP contribution in [0.15, 0.2) is 30.3 Å². The maximum atomic E-state index is 12.0. The number of nitrogens with one attached hydrogen (secondary N) is 2. The van der Waals surface area contributed by atoms with Gasteiger partial charge in [-0.1, -0.05) is 17.7 Å². The smallest absolute Gasteiger partial charge is 0.319 e. The highest BCUT2D eigenvalue weighted by molar-refractivity contribution is 6.30. The number of hydrogen-bond donors (Lipinski definition) is 2. The van der Waals surface area contributed by atoms with E-state index in [-0.39, 0.29) is 6.03 Å². The van der Waals surface area contributed by atoms with Crippen LogP contribution < -0.4 is 15.5 Å². The summed E-state index contributed by atoms with van der Waals surface area (Å²) in [6.07, 6.45) is 3.61. The first kappa shape index (κ1) is 17.5. The van der Waals surface area contributed by atoms with Crippen LogP contribution >= 0.6 is 11.6 Å². The molecule has 132 valence electrons. The molecule has 2 aromatic rings. The second-order valence-electron chi connectivity index (χ2n) is 6.17. The molecule has 1 aliphatic rings. The average Bonchev–Trinajstić information content (AvgIpc) is 2.60. The Balaban J connectivity index is 1.60. The highest BCUT2D eigenvalue weighted by atomic mass is 35.5. The van der Waals surface area contributed by atoms with Gasteiger partial charge in [-0.05, 0) is 50.5 Å². The number of carbonyl (C=O) groups is 1. The number of halogens is 1. The summed E-state index contributed by atoms with van der Waals surface area (Å²) in [5.41, 5.74) is 2.36. The first-order chi connectivity index (χ1) is 12.1. The molecule has 0 unspecified atom stereocenters. The summed E-state index contributed by atoms with van der Waals surface area (Å²) in [6.45, 7) is 4.28. The van der Waals surface area contributed by atoms with Gasteiger partial charge in [-0.15, -0.1) is 0 Å². The first-order valence-electron chi connectivity index (χ1n) is 8.50. The fourth-order valence-electron chi connectivity index (χ4n) is 2.86. The Bertz CT molecular complexity index is 746. The molecule has 1 saturated heterocycles. The van der Waals surface area contributed by atoms with Crippen LogP contribution in [0.3, 0.4) is 0 Å². The minimum absolute atomic E-state index is 0.293. The van der Waals surface area contributed by atoms with Crippen molar-refractivity contribution >= 4 is 29.3 Å². The Hall–Kier alpha value is -2.34. The van der Waals surface area contributed by atoms with E-state index in [1.807, 2.05) is 13.0 Å². The van der Waals surface area contributed by atoms with Crippen LogP contribution in [-0.2, 0) is 6.54 Å². The monoisotopic (exact) mass is 359 g/mol. The van der Waals surface area contributed by atoms with E-state index in [0.717, 1.165) is 30.4 Å². The molecule has 3 rings (SSSR count). The van der Waals surface area contributed by atoms with E-state index in [0.29, 0.717) is 17.3 Å². The number of urea groups is 1. The summed E-state index contributed by atoms with van der Waals surface area (Å²) < 4.78 is 0. The predicted molar refractivity (Wildman–Crippen MR) is 100 cm³/mol. The summed E-state index contributed by atoms with van der Waals surface area (Å²) in [5, 5.41) is 6.16. The number of aryl methyl sites for hydroxylation is 1. The van der Waals surface area contributed by atoms with Crippen molar-refractivity contribution in [2.24, 2.45) is 0 Å². The third kappa shape index (κ3) is 5.06. The van der Waals surface area contributed by atoms with Crippen LogP contribution in [-0.4, -0.2) is 29.1 Å². The number of hydrogen-bond acceptors (Lipinski definition) is 4. The van der Waals surface area contributed by atoms with Crippen molar-refractivity contribution in [3.05, 3.63) is 46.7 Å². The number of piperidine rings is 1. The van der Waals surface area contributed by atoms with Gasteiger partial charge in [0.15, 0.2) is 0 Å². The van der Waals surface area contributed by atoms with Crippen molar-refractivity contribution in [3.63, 3.8) is 0 Å². The van der Waals surface area contributed by atoms with Crippen molar-refractivity contribution in [1.29, 1.82) is 0 Å². The van der Waals surface area contributed by atoms with E-state index in [1.54, 1.807) is 24.3 Å². The normalized spacial score (nSPS) is 14.2. The van der Waals surface area contributed by atoms with Crippen molar-refractivity contribution in [2.75, 3.05) is 23.3 Å². The molecule has 2 heterocycles. The number of nitrogens with zero attached hydrogens (tertiary/aromatic N) is 3. The fourth-order valence-corrected chi connectivity index (χ4v) is 3.05. The van der Waals surface area contributed by atoms with E-state index in [4.69, 9.17) is 11.6 Å². The number of carbonyl (C=O) groups excluding carboxylic acids is 1. The summed E-state index contributed by atoms with van der Waals surface area (Å²) in [7, 11) is 0. The molecule has 1 fully saturated rings. The van der Waals surface area contributed by atoms with Gasteiger partial charge < -0.3 is 15.5 Å². The van der Waals surface area contributed by atoms with Gasteiger partial charge in [0.25, 0.3) is 0 Å². The van der Waals surface area contributed by atoms with Gasteiger partial charge >= 0.3 is 6.03 Å². The molecule has 1 aromatic heterocycles. The molecular weight excluding hydrogens is 338 g/mol. The zero-order valence-corrected chi connectivity index (χ0v) is 15.0. The maximum Gasteiger partial charge on any atom is 0.319 e. The van der Waals surface area contributed by atoms with E-state index in [9.17, 15) is 4.79 Å². The molecule has 0 aliphatic carbocycles. The van der Waals surface area contributed by atoms with Gasteiger partial charge in [-0.25, -0.2) is 14.8 Å². The van der Waals surface area contributed by atoms with Crippen molar-refractivity contribution < 1.29 is 4.79 Å². The summed E-state index contributed by atoms with van der Waals surface area (Å²) in [5.74, 6) is 0.756. The topological polar surface area (TPSA) is 70.2 Å². The summed E-state index contributed by atoms with van der Waals surface area (Å²) in [4.78, 5) is 23.4. The zero-order chi connectivity index (χ0) is 17.6.